The lowest BCUT2D eigenvalue weighted by atomic mass is 10.1. The van der Waals surface area contributed by atoms with Gasteiger partial charge in [-0.15, -0.1) is 0 Å². The maximum Gasteiger partial charge on any atom is 0.228 e. The summed E-state index contributed by atoms with van der Waals surface area (Å²) in [6, 6.07) is 7.46. The van der Waals surface area contributed by atoms with E-state index in [0.29, 0.717) is 6.54 Å². The highest BCUT2D eigenvalue weighted by Gasteiger charge is 2.21. The van der Waals surface area contributed by atoms with E-state index in [4.69, 9.17) is 10.5 Å². The molecule has 3 N–H and O–H groups in total. The Bertz CT molecular complexity index is 399. The third-order valence-electron chi connectivity index (χ3n) is 3.11. The molecule has 0 spiro atoms. The molecule has 0 bridgehead atoms. The van der Waals surface area contributed by atoms with Crippen LogP contribution in [0.1, 0.15) is 19.8 Å². The number of hydrogen-bond donors (Lipinski definition) is 2. The van der Waals surface area contributed by atoms with E-state index in [2.05, 4.69) is 5.32 Å². The summed E-state index contributed by atoms with van der Waals surface area (Å²) in [4.78, 5) is 11.6. The number of ether oxygens (including phenoxy) is 1. The molecule has 0 aromatic heterocycles. The molecule has 18 heavy (non-hydrogen) atoms. The van der Waals surface area contributed by atoms with Gasteiger partial charge in [0, 0.05) is 18.2 Å². The highest BCUT2D eigenvalue weighted by atomic mass is 16.5. The van der Waals surface area contributed by atoms with E-state index in [-0.39, 0.29) is 11.8 Å². The topological polar surface area (TPSA) is 64.4 Å². The molecule has 0 radical (unpaired) electrons. The van der Waals surface area contributed by atoms with Gasteiger partial charge in [-0.2, -0.15) is 0 Å². The van der Waals surface area contributed by atoms with Crippen molar-refractivity contribution in [1.82, 2.24) is 0 Å². The van der Waals surface area contributed by atoms with Gasteiger partial charge in [-0.1, -0.05) is 6.92 Å². The molecule has 98 valence electrons. The minimum atomic E-state index is -0.171. The summed E-state index contributed by atoms with van der Waals surface area (Å²) in [5.74, 6) is 1.38. The number of carbonyl (C=O) groups is 1. The smallest absolute Gasteiger partial charge is 0.228 e. The Morgan fingerprint density at radius 2 is 2.11 bits per heavy atom. The lowest BCUT2D eigenvalue weighted by Crippen LogP contribution is -2.26. The molecule has 0 aliphatic heterocycles. The second-order valence-electron chi connectivity index (χ2n) is 4.90. The number of amides is 1. The van der Waals surface area contributed by atoms with Gasteiger partial charge in [-0.25, -0.2) is 0 Å². The molecule has 0 saturated heterocycles. The number of nitrogens with one attached hydrogen (secondary N) is 1. The Balaban J connectivity index is 1.84. The zero-order chi connectivity index (χ0) is 13.0. The average Bonchev–Trinajstić information content (AvgIpc) is 3.21. The fourth-order valence-electron chi connectivity index (χ4n) is 1.51. The lowest BCUT2D eigenvalue weighted by Gasteiger charge is -2.10. The maximum absolute atomic E-state index is 11.6. The molecule has 1 unspecified atom stereocenters. The van der Waals surface area contributed by atoms with Crippen molar-refractivity contribution in [3.05, 3.63) is 24.3 Å². The van der Waals surface area contributed by atoms with Crippen molar-refractivity contribution in [3.8, 4) is 5.75 Å². The zero-order valence-electron chi connectivity index (χ0n) is 10.7. The van der Waals surface area contributed by atoms with Gasteiger partial charge in [0.1, 0.15) is 5.75 Å². The molecule has 1 aromatic rings. The van der Waals surface area contributed by atoms with E-state index < -0.39 is 0 Å². The summed E-state index contributed by atoms with van der Waals surface area (Å²) in [6.07, 6.45) is 2.57. The number of benzene rings is 1. The van der Waals surface area contributed by atoms with Crippen LogP contribution in [-0.2, 0) is 4.79 Å². The molecule has 1 aliphatic rings. The number of rotatable bonds is 6. The Labute approximate surface area is 108 Å². The average molecular weight is 248 g/mol. The van der Waals surface area contributed by atoms with Crippen LogP contribution in [0.5, 0.6) is 5.75 Å². The van der Waals surface area contributed by atoms with Crippen molar-refractivity contribution in [2.24, 2.45) is 17.6 Å². The van der Waals surface area contributed by atoms with Gasteiger partial charge < -0.3 is 15.8 Å². The van der Waals surface area contributed by atoms with Crippen molar-refractivity contribution in [2.75, 3.05) is 18.5 Å². The fourth-order valence-corrected chi connectivity index (χ4v) is 1.51. The van der Waals surface area contributed by atoms with Crippen LogP contribution in [0.4, 0.5) is 5.69 Å². The molecule has 1 saturated carbocycles. The first-order valence-electron chi connectivity index (χ1n) is 6.43. The van der Waals surface area contributed by atoms with Crippen LogP contribution in [0.2, 0.25) is 0 Å². The SMILES string of the molecule is CC(CN)C(=O)Nc1ccc(OCC2CC2)cc1. The lowest BCUT2D eigenvalue weighted by molar-refractivity contribution is -0.119. The molecule has 1 aliphatic carbocycles. The van der Waals surface area contributed by atoms with Crippen molar-refractivity contribution in [3.63, 3.8) is 0 Å². The van der Waals surface area contributed by atoms with E-state index in [1.165, 1.54) is 12.8 Å². The van der Waals surface area contributed by atoms with Crippen molar-refractivity contribution in [2.45, 2.75) is 19.8 Å². The predicted molar refractivity (Wildman–Crippen MR) is 71.5 cm³/mol. The van der Waals surface area contributed by atoms with Gasteiger partial charge in [0.25, 0.3) is 0 Å². The molecule has 2 rings (SSSR count). The quantitative estimate of drug-likeness (QED) is 0.809. The first-order chi connectivity index (χ1) is 8.69. The Kier molecular flexibility index (Phi) is 4.20. The van der Waals surface area contributed by atoms with Crippen molar-refractivity contribution < 1.29 is 9.53 Å². The van der Waals surface area contributed by atoms with Crippen LogP contribution >= 0.6 is 0 Å². The molecule has 4 nitrogen and oxygen atoms in total. The van der Waals surface area contributed by atoms with Gasteiger partial charge in [0.15, 0.2) is 0 Å². The Morgan fingerprint density at radius 1 is 1.44 bits per heavy atom. The summed E-state index contributed by atoms with van der Waals surface area (Å²) in [5.41, 5.74) is 6.22. The molecule has 1 fully saturated rings. The highest BCUT2D eigenvalue weighted by molar-refractivity contribution is 5.92. The van der Waals surface area contributed by atoms with Crippen LogP contribution in [0.3, 0.4) is 0 Å². The van der Waals surface area contributed by atoms with Gasteiger partial charge >= 0.3 is 0 Å². The molecule has 1 amide bonds. The number of carbonyl (C=O) groups excluding carboxylic acids is 1. The Morgan fingerprint density at radius 3 is 2.67 bits per heavy atom. The summed E-state index contributed by atoms with van der Waals surface area (Å²) in [7, 11) is 0. The van der Waals surface area contributed by atoms with Crippen molar-refractivity contribution >= 4 is 11.6 Å². The predicted octanol–water partition coefficient (Wildman–Crippen LogP) is 2.01. The third kappa shape index (κ3) is 3.74. The largest absolute Gasteiger partial charge is 0.493 e. The number of hydrogen-bond acceptors (Lipinski definition) is 3. The standard InChI is InChI=1S/C14H20N2O2/c1-10(8-15)14(17)16-12-4-6-13(7-5-12)18-9-11-2-3-11/h4-7,10-11H,2-3,8-9,15H2,1H3,(H,16,17). The number of anilines is 1. The first-order valence-corrected chi connectivity index (χ1v) is 6.43. The van der Waals surface area contributed by atoms with E-state index in [9.17, 15) is 4.79 Å². The minimum Gasteiger partial charge on any atom is -0.493 e. The summed E-state index contributed by atoms with van der Waals surface area (Å²) >= 11 is 0. The molecule has 1 aromatic carbocycles. The maximum atomic E-state index is 11.6. The first kappa shape index (κ1) is 12.9. The fraction of sp³-hybridized carbons (Fsp3) is 0.500. The van der Waals surface area contributed by atoms with E-state index in [1.54, 1.807) is 0 Å². The van der Waals surface area contributed by atoms with E-state index in [0.717, 1.165) is 24.0 Å². The monoisotopic (exact) mass is 248 g/mol. The van der Waals surface area contributed by atoms with Gasteiger partial charge in [-0.05, 0) is 43.0 Å². The van der Waals surface area contributed by atoms with Crippen LogP contribution < -0.4 is 15.8 Å². The molecule has 1 atom stereocenters. The van der Waals surface area contributed by atoms with E-state index >= 15 is 0 Å². The number of nitrogens with two attached hydrogens (primary N) is 1. The third-order valence-corrected chi connectivity index (χ3v) is 3.11. The van der Waals surface area contributed by atoms with Crippen LogP contribution in [0, 0.1) is 11.8 Å². The van der Waals surface area contributed by atoms with Crippen LogP contribution in [0.25, 0.3) is 0 Å². The van der Waals surface area contributed by atoms with Crippen molar-refractivity contribution in [1.29, 1.82) is 0 Å². The van der Waals surface area contributed by atoms with Gasteiger partial charge in [-0.3, -0.25) is 4.79 Å². The normalized spacial score (nSPS) is 16.1. The van der Waals surface area contributed by atoms with Crippen LogP contribution in [-0.4, -0.2) is 19.1 Å². The minimum absolute atomic E-state index is 0.0517. The van der Waals surface area contributed by atoms with E-state index in [1.807, 2.05) is 31.2 Å². The second kappa shape index (κ2) is 5.87. The summed E-state index contributed by atoms with van der Waals surface area (Å²) < 4.78 is 5.63. The van der Waals surface area contributed by atoms with Gasteiger partial charge in [0.05, 0.1) is 6.61 Å². The molecular weight excluding hydrogens is 228 g/mol. The summed E-state index contributed by atoms with van der Waals surface area (Å²) in [6.45, 7) is 2.97. The second-order valence-corrected chi connectivity index (χ2v) is 4.90. The summed E-state index contributed by atoms with van der Waals surface area (Å²) in [5, 5.41) is 2.82. The molecule has 4 heteroatoms. The molecule has 0 heterocycles. The zero-order valence-corrected chi connectivity index (χ0v) is 10.7. The highest BCUT2D eigenvalue weighted by Crippen LogP contribution is 2.29. The van der Waals surface area contributed by atoms with Crippen LogP contribution in [0.15, 0.2) is 24.3 Å². The van der Waals surface area contributed by atoms with Gasteiger partial charge in [0.2, 0.25) is 5.91 Å². The Hall–Kier alpha value is -1.55. The molecular formula is C14H20N2O2.